The van der Waals surface area contributed by atoms with Gasteiger partial charge >= 0.3 is 0 Å². The number of hydrogen-bond acceptors (Lipinski definition) is 5. The standard InChI is InChI=1S/C25H30N6O2.HI/c1-26-25(27-16-21-5-2-3-6-22(21)18-31-10-4-9-28-31)30-13-11-29(12-14-30)17-20-7-8-23-24(15-20)33-19-32-23;/h2-10,15H,11-14,16-19H2,1H3,(H,26,27);1H. The molecule has 0 aliphatic carbocycles. The van der Waals surface area contributed by atoms with Gasteiger partial charge in [0.2, 0.25) is 6.79 Å². The number of rotatable bonds is 6. The van der Waals surface area contributed by atoms with E-state index in [2.05, 4.69) is 61.6 Å². The summed E-state index contributed by atoms with van der Waals surface area (Å²) in [5.74, 6) is 2.64. The van der Waals surface area contributed by atoms with Crippen molar-refractivity contribution in [3.05, 3.63) is 77.6 Å². The van der Waals surface area contributed by atoms with Crippen molar-refractivity contribution in [1.29, 1.82) is 0 Å². The van der Waals surface area contributed by atoms with Crippen molar-refractivity contribution in [3.8, 4) is 11.5 Å². The molecule has 9 heteroatoms. The largest absolute Gasteiger partial charge is 0.454 e. The van der Waals surface area contributed by atoms with Crippen LogP contribution in [0.5, 0.6) is 11.5 Å². The maximum absolute atomic E-state index is 5.51. The number of hydrogen-bond donors (Lipinski definition) is 1. The quantitative estimate of drug-likeness (QED) is 0.277. The summed E-state index contributed by atoms with van der Waals surface area (Å²) >= 11 is 0. The topological polar surface area (TPSA) is 67.2 Å². The molecule has 2 aliphatic rings. The van der Waals surface area contributed by atoms with Gasteiger partial charge in [0.05, 0.1) is 6.54 Å². The van der Waals surface area contributed by atoms with E-state index in [1.807, 2.05) is 36.3 Å². The Labute approximate surface area is 217 Å². The summed E-state index contributed by atoms with van der Waals surface area (Å²) in [7, 11) is 1.86. The van der Waals surface area contributed by atoms with Crippen LogP contribution >= 0.6 is 24.0 Å². The van der Waals surface area contributed by atoms with Crippen LogP contribution in [0.2, 0.25) is 0 Å². The minimum atomic E-state index is 0. The summed E-state index contributed by atoms with van der Waals surface area (Å²) < 4.78 is 12.9. The molecular formula is C25H31IN6O2. The van der Waals surface area contributed by atoms with E-state index in [0.717, 1.165) is 63.3 Å². The first kappa shape index (κ1) is 24.3. The highest BCUT2D eigenvalue weighted by Crippen LogP contribution is 2.32. The van der Waals surface area contributed by atoms with E-state index in [-0.39, 0.29) is 24.0 Å². The molecule has 0 amide bonds. The van der Waals surface area contributed by atoms with Gasteiger partial charge < -0.3 is 19.7 Å². The average molecular weight is 574 g/mol. The molecule has 0 unspecified atom stereocenters. The monoisotopic (exact) mass is 574 g/mol. The molecular weight excluding hydrogens is 543 g/mol. The molecule has 0 bridgehead atoms. The zero-order chi connectivity index (χ0) is 22.5. The molecule has 0 atom stereocenters. The second-order valence-corrected chi connectivity index (χ2v) is 8.32. The lowest BCUT2D eigenvalue weighted by Gasteiger charge is -2.36. The summed E-state index contributed by atoms with van der Waals surface area (Å²) in [6.45, 7) is 6.60. The first-order chi connectivity index (χ1) is 16.3. The van der Waals surface area contributed by atoms with Gasteiger partial charge in [0.25, 0.3) is 0 Å². The molecule has 2 aromatic carbocycles. The van der Waals surface area contributed by atoms with E-state index in [0.29, 0.717) is 6.79 Å². The fraction of sp³-hybridized carbons (Fsp3) is 0.360. The lowest BCUT2D eigenvalue weighted by molar-refractivity contribution is 0.171. The number of fused-ring (bicyclic) bond motifs is 1. The van der Waals surface area contributed by atoms with Crippen molar-refractivity contribution < 1.29 is 9.47 Å². The van der Waals surface area contributed by atoms with Crippen molar-refractivity contribution in [2.24, 2.45) is 4.99 Å². The summed E-state index contributed by atoms with van der Waals surface area (Å²) in [4.78, 5) is 9.36. The van der Waals surface area contributed by atoms with Crippen LogP contribution < -0.4 is 14.8 Å². The molecule has 1 fully saturated rings. The molecule has 1 N–H and O–H groups in total. The van der Waals surface area contributed by atoms with Gasteiger partial charge in [-0.05, 0) is 34.9 Å². The van der Waals surface area contributed by atoms with Crippen LogP contribution in [0.15, 0.2) is 65.9 Å². The van der Waals surface area contributed by atoms with E-state index >= 15 is 0 Å². The van der Waals surface area contributed by atoms with E-state index in [4.69, 9.17) is 9.47 Å². The van der Waals surface area contributed by atoms with Gasteiger partial charge in [0.15, 0.2) is 17.5 Å². The molecule has 1 saturated heterocycles. The molecule has 0 saturated carbocycles. The number of benzene rings is 2. The first-order valence-corrected chi connectivity index (χ1v) is 11.4. The van der Waals surface area contributed by atoms with Crippen molar-refractivity contribution in [2.75, 3.05) is 40.0 Å². The Kier molecular flexibility index (Phi) is 8.28. The zero-order valence-electron chi connectivity index (χ0n) is 19.4. The normalized spacial score (nSPS) is 15.8. The van der Waals surface area contributed by atoms with Crippen LogP contribution in [-0.2, 0) is 19.6 Å². The predicted octanol–water partition coefficient (Wildman–Crippen LogP) is 3.17. The highest BCUT2D eigenvalue weighted by molar-refractivity contribution is 14.0. The summed E-state index contributed by atoms with van der Waals surface area (Å²) in [5.41, 5.74) is 3.78. The Bertz CT molecular complexity index is 1100. The summed E-state index contributed by atoms with van der Waals surface area (Å²) in [5, 5.41) is 7.90. The average Bonchev–Trinajstić information content (AvgIpc) is 3.53. The minimum Gasteiger partial charge on any atom is -0.454 e. The maximum atomic E-state index is 5.51. The fourth-order valence-corrected chi connectivity index (χ4v) is 4.37. The fourth-order valence-electron chi connectivity index (χ4n) is 4.37. The second kappa shape index (κ2) is 11.6. The van der Waals surface area contributed by atoms with Gasteiger partial charge in [-0.15, -0.1) is 24.0 Å². The number of nitrogens with zero attached hydrogens (tertiary/aromatic N) is 5. The van der Waals surface area contributed by atoms with Gasteiger partial charge in [-0.1, -0.05) is 30.3 Å². The van der Waals surface area contributed by atoms with Crippen molar-refractivity contribution in [3.63, 3.8) is 0 Å². The number of guanidine groups is 1. The van der Waals surface area contributed by atoms with Gasteiger partial charge in [-0.3, -0.25) is 14.6 Å². The predicted molar refractivity (Wildman–Crippen MR) is 143 cm³/mol. The Morgan fingerprint density at radius 3 is 2.53 bits per heavy atom. The van der Waals surface area contributed by atoms with Crippen LogP contribution in [0.4, 0.5) is 0 Å². The van der Waals surface area contributed by atoms with Crippen LogP contribution in [-0.4, -0.2) is 65.6 Å². The van der Waals surface area contributed by atoms with Crippen molar-refractivity contribution in [2.45, 2.75) is 19.6 Å². The van der Waals surface area contributed by atoms with Gasteiger partial charge in [-0.25, -0.2) is 0 Å². The first-order valence-electron chi connectivity index (χ1n) is 11.4. The van der Waals surface area contributed by atoms with E-state index in [1.54, 1.807) is 0 Å². The number of aliphatic imine (C=N–C) groups is 1. The number of halogens is 1. The molecule has 5 rings (SSSR count). The van der Waals surface area contributed by atoms with Crippen molar-refractivity contribution in [1.82, 2.24) is 24.9 Å². The van der Waals surface area contributed by atoms with E-state index < -0.39 is 0 Å². The Morgan fingerprint density at radius 2 is 1.76 bits per heavy atom. The van der Waals surface area contributed by atoms with Crippen LogP contribution in [0.1, 0.15) is 16.7 Å². The Hall–Kier alpha value is -2.79. The smallest absolute Gasteiger partial charge is 0.231 e. The van der Waals surface area contributed by atoms with Gasteiger partial charge in [-0.2, -0.15) is 5.10 Å². The maximum Gasteiger partial charge on any atom is 0.231 e. The Morgan fingerprint density at radius 1 is 0.971 bits per heavy atom. The Balaban J connectivity index is 0.00000274. The third-order valence-electron chi connectivity index (χ3n) is 6.17. The highest BCUT2D eigenvalue weighted by Gasteiger charge is 2.21. The van der Waals surface area contributed by atoms with Crippen LogP contribution in [0.25, 0.3) is 0 Å². The molecule has 180 valence electrons. The summed E-state index contributed by atoms with van der Waals surface area (Å²) in [6, 6.07) is 16.7. The second-order valence-electron chi connectivity index (χ2n) is 8.32. The van der Waals surface area contributed by atoms with Crippen LogP contribution in [0.3, 0.4) is 0 Å². The number of nitrogens with one attached hydrogen (secondary N) is 1. The van der Waals surface area contributed by atoms with Gasteiger partial charge in [0, 0.05) is 58.7 Å². The third-order valence-corrected chi connectivity index (χ3v) is 6.17. The number of aromatic nitrogens is 2. The number of piperazine rings is 1. The molecule has 3 aromatic rings. The molecule has 0 spiro atoms. The van der Waals surface area contributed by atoms with Gasteiger partial charge in [0.1, 0.15) is 0 Å². The molecule has 34 heavy (non-hydrogen) atoms. The minimum absolute atomic E-state index is 0. The number of ether oxygens (including phenoxy) is 2. The molecule has 0 radical (unpaired) electrons. The molecule has 8 nitrogen and oxygen atoms in total. The van der Waals surface area contributed by atoms with Crippen LogP contribution in [0, 0.1) is 0 Å². The molecule has 2 aliphatic heterocycles. The molecule has 1 aromatic heterocycles. The zero-order valence-corrected chi connectivity index (χ0v) is 21.7. The summed E-state index contributed by atoms with van der Waals surface area (Å²) in [6.07, 6.45) is 3.81. The van der Waals surface area contributed by atoms with E-state index in [1.165, 1.54) is 16.7 Å². The highest BCUT2D eigenvalue weighted by atomic mass is 127. The molecule has 3 heterocycles. The van der Waals surface area contributed by atoms with Crippen molar-refractivity contribution >= 4 is 29.9 Å². The third kappa shape index (κ3) is 5.82. The lowest BCUT2D eigenvalue weighted by Crippen LogP contribution is -2.52. The lowest BCUT2D eigenvalue weighted by atomic mass is 10.1. The SMILES string of the molecule is CN=C(NCc1ccccc1Cn1cccn1)N1CCN(Cc2ccc3c(c2)OCO3)CC1.I. The van der Waals surface area contributed by atoms with E-state index in [9.17, 15) is 0 Å².